The van der Waals surface area contributed by atoms with E-state index in [0.717, 1.165) is 28.7 Å². The van der Waals surface area contributed by atoms with Gasteiger partial charge in [-0.15, -0.1) is 15.3 Å². The van der Waals surface area contributed by atoms with Crippen molar-refractivity contribution in [2.24, 2.45) is 0 Å². The summed E-state index contributed by atoms with van der Waals surface area (Å²) in [6.07, 6.45) is 3.50. The molecule has 0 unspecified atom stereocenters. The van der Waals surface area contributed by atoms with Gasteiger partial charge in [0.2, 0.25) is 5.13 Å². The molecule has 7 heteroatoms. The van der Waals surface area contributed by atoms with Crippen molar-refractivity contribution in [3.05, 3.63) is 16.4 Å². The molecule has 0 atom stereocenters. The van der Waals surface area contributed by atoms with E-state index in [1.807, 2.05) is 0 Å². The van der Waals surface area contributed by atoms with Crippen molar-refractivity contribution in [1.29, 1.82) is 0 Å². The first-order valence-corrected chi connectivity index (χ1v) is 7.41. The van der Waals surface area contributed by atoms with Crippen LogP contribution in [0.5, 0.6) is 0 Å². The van der Waals surface area contributed by atoms with Gasteiger partial charge in [0, 0.05) is 11.8 Å². The Morgan fingerprint density at radius 3 is 2.63 bits per heavy atom. The zero-order chi connectivity index (χ0) is 13.4. The van der Waals surface area contributed by atoms with Gasteiger partial charge in [-0.25, -0.2) is 0 Å². The van der Waals surface area contributed by atoms with Gasteiger partial charge in [-0.1, -0.05) is 36.8 Å². The number of nitrogens with zero attached hydrogens (tertiary/aromatic N) is 5. The summed E-state index contributed by atoms with van der Waals surface area (Å²) in [5.41, 5.74) is 1.69. The molecule has 2 aromatic heterocycles. The van der Waals surface area contributed by atoms with Crippen LogP contribution in [0.1, 0.15) is 61.3 Å². The van der Waals surface area contributed by atoms with Crippen molar-refractivity contribution in [2.75, 3.05) is 0 Å². The Balaban J connectivity index is 2.01. The van der Waals surface area contributed by atoms with Gasteiger partial charge in [-0.05, 0) is 12.8 Å². The van der Waals surface area contributed by atoms with E-state index in [9.17, 15) is 5.11 Å². The molecule has 0 saturated heterocycles. The Morgan fingerprint density at radius 1 is 1.32 bits per heavy atom. The minimum Gasteiger partial charge on any atom is -0.390 e. The number of aromatic nitrogens is 5. The molecular weight excluding hydrogens is 262 g/mol. The number of aliphatic hydroxyl groups excluding tert-OH is 1. The molecule has 1 aliphatic rings. The SMILES string of the molecule is CC(C)c1nnc(-n2nnc(CO)c2C2CCC2)s1. The Bertz CT molecular complexity index is 572. The maximum Gasteiger partial charge on any atom is 0.234 e. The lowest BCUT2D eigenvalue weighted by atomic mass is 9.82. The molecule has 2 aromatic rings. The Labute approximate surface area is 115 Å². The fraction of sp³-hybridized carbons (Fsp3) is 0.667. The van der Waals surface area contributed by atoms with E-state index in [1.54, 1.807) is 16.0 Å². The maximum atomic E-state index is 9.39. The molecule has 0 aliphatic heterocycles. The minimum absolute atomic E-state index is 0.0678. The summed E-state index contributed by atoms with van der Waals surface area (Å²) in [7, 11) is 0. The normalized spacial score (nSPS) is 16.0. The summed E-state index contributed by atoms with van der Waals surface area (Å²) in [6.45, 7) is 4.12. The van der Waals surface area contributed by atoms with Crippen LogP contribution >= 0.6 is 11.3 Å². The third-order valence-electron chi connectivity index (χ3n) is 3.53. The Morgan fingerprint density at radius 2 is 2.11 bits per heavy atom. The average Bonchev–Trinajstić information content (AvgIpc) is 2.92. The van der Waals surface area contributed by atoms with Crippen LogP contribution in [-0.4, -0.2) is 30.3 Å². The van der Waals surface area contributed by atoms with E-state index in [4.69, 9.17) is 0 Å². The van der Waals surface area contributed by atoms with Crippen LogP contribution in [0.2, 0.25) is 0 Å². The van der Waals surface area contributed by atoms with Crippen LogP contribution in [0.3, 0.4) is 0 Å². The second kappa shape index (κ2) is 4.97. The van der Waals surface area contributed by atoms with Gasteiger partial charge in [-0.3, -0.25) is 0 Å². The van der Waals surface area contributed by atoms with E-state index in [2.05, 4.69) is 34.4 Å². The molecule has 1 saturated carbocycles. The monoisotopic (exact) mass is 279 g/mol. The summed E-state index contributed by atoms with van der Waals surface area (Å²) in [4.78, 5) is 0. The molecule has 102 valence electrons. The van der Waals surface area contributed by atoms with Crippen LogP contribution in [-0.2, 0) is 6.61 Å². The molecule has 19 heavy (non-hydrogen) atoms. The topological polar surface area (TPSA) is 76.7 Å². The van der Waals surface area contributed by atoms with Crippen LogP contribution < -0.4 is 0 Å². The number of hydrogen-bond acceptors (Lipinski definition) is 6. The summed E-state index contributed by atoms with van der Waals surface area (Å²) < 4.78 is 1.76. The highest BCUT2D eigenvalue weighted by Crippen LogP contribution is 2.38. The molecule has 0 amide bonds. The predicted molar refractivity (Wildman–Crippen MR) is 71.4 cm³/mol. The average molecular weight is 279 g/mol. The summed E-state index contributed by atoms with van der Waals surface area (Å²) >= 11 is 1.54. The van der Waals surface area contributed by atoms with Crippen molar-refractivity contribution in [2.45, 2.75) is 51.6 Å². The molecule has 2 heterocycles. The zero-order valence-corrected chi connectivity index (χ0v) is 11.9. The van der Waals surface area contributed by atoms with Crippen LogP contribution in [0.15, 0.2) is 0 Å². The first-order chi connectivity index (χ1) is 9.20. The largest absolute Gasteiger partial charge is 0.390 e. The van der Waals surface area contributed by atoms with Gasteiger partial charge in [0.25, 0.3) is 0 Å². The molecule has 0 bridgehead atoms. The lowest BCUT2D eigenvalue weighted by Gasteiger charge is -2.25. The van der Waals surface area contributed by atoms with Crippen LogP contribution in [0.25, 0.3) is 5.13 Å². The highest BCUT2D eigenvalue weighted by atomic mass is 32.1. The summed E-state index contributed by atoms with van der Waals surface area (Å²) in [5, 5.41) is 27.7. The fourth-order valence-electron chi connectivity index (χ4n) is 2.21. The molecule has 0 spiro atoms. The fourth-order valence-corrected chi connectivity index (χ4v) is 3.02. The van der Waals surface area contributed by atoms with Crippen molar-refractivity contribution in [3.8, 4) is 5.13 Å². The van der Waals surface area contributed by atoms with Gasteiger partial charge in [0.1, 0.15) is 10.7 Å². The van der Waals surface area contributed by atoms with Crippen LogP contribution in [0, 0.1) is 0 Å². The van der Waals surface area contributed by atoms with E-state index < -0.39 is 0 Å². The molecule has 0 radical (unpaired) electrons. The number of rotatable bonds is 4. The van der Waals surface area contributed by atoms with Gasteiger partial charge in [-0.2, -0.15) is 4.68 Å². The molecule has 0 aromatic carbocycles. The van der Waals surface area contributed by atoms with Crippen LogP contribution in [0.4, 0.5) is 0 Å². The standard InChI is InChI=1S/C12H17N5OS/c1-7(2)11-14-15-12(19-11)17-10(8-4-3-5-8)9(6-18)13-16-17/h7-8,18H,3-6H2,1-2H3. The maximum absolute atomic E-state index is 9.39. The lowest BCUT2D eigenvalue weighted by molar-refractivity contribution is 0.272. The molecular formula is C12H17N5OS. The summed E-state index contributed by atoms with van der Waals surface area (Å²) in [6, 6.07) is 0. The molecule has 1 aliphatic carbocycles. The van der Waals surface area contributed by atoms with E-state index in [0.29, 0.717) is 17.5 Å². The zero-order valence-electron chi connectivity index (χ0n) is 11.1. The highest BCUT2D eigenvalue weighted by Gasteiger charge is 2.29. The predicted octanol–water partition coefficient (Wildman–Crippen LogP) is 2.00. The second-order valence-corrected chi connectivity index (χ2v) is 6.18. The smallest absolute Gasteiger partial charge is 0.234 e. The van der Waals surface area contributed by atoms with E-state index in [-0.39, 0.29) is 6.61 Å². The Hall–Kier alpha value is -1.34. The highest BCUT2D eigenvalue weighted by molar-refractivity contribution is 7.13. The molecule has 1 N–H and O–H groups in total. The lowest BCUT2D eigenvalue weighted by Crippen LogP contribution is -2.16. The number of aliphatic hydroxyl groups is 1. The van der Waals surface area contributed by atoms with Gasteiger partial charge in [0.05, 0.1) is 12.3 Å². The number of hydrogen-bond donors (Lipinski definition) is 1. The van der Waals surface area contributed by atoms with Gasteiger partial charge >= 0.3 is 0 Å². The van der Waals surface area contributed by atoms with Crippen molar-refractivity contribution in [3.63, 3.8) is 0 Å². The van der Waals surface area contributed by atoms with E-state index >= 15 is 0 Å². The van der Waals surface area contributed by atoms with Crippen molar-refractivity contribution < 1.29 is 5.11 Å². The third kappa shape index (κ3) is 2.17. The minimum atomic E-state index is -0.0678. The molecule has 3 rings (SSSR count). The third-order valence-corrected chi connectivity index (χ3v) is 4.72. The molecule has 1 fully saturated rings. The first kappa shape index (κ1) is 12.7. The quantitative estimate of drug-likeness (QED) is 0.926. The molecule has 6 nitrogen and oxygen atoms in total. The summed E-state index contributed by atoms with van der Waals surface area (Å²) in [5.74, 6) is 0.808. The van der Waals surface area contributed by atoms with Crippen molar-refractivity contribution in [1.82, 2.24) is 25.2 Å². The van der Waals surface area contributed by atoms with Gasteiger partial charge < -0.3 is 5.11 Å². The van der Waals surface area contributed by atoms with E-state index in [1.165, 1.54) is 6.42 Å². The van der Waals surface area contributed by atoms with Crippen molar-refractivity contribution >= 4 is 11.3 Å². The second-order valence-electron chi connectivity index (χ2n) is 5.20. The van der Waals surface area contributed by atoms with Gasteiger partial charge in [0.15, 0.2) is 0 Å². The first-order valence-electron chi connectivity index (χ1n) is 6.59. The Kier molecular flexibility index (Phi) is 3.32.